The molecule has 3 aromatic carbocycles. The predicted molar refractivity (Wildman–Crippen MR) is 83.6 cm³/mol. The van der Waals surface area contributed by atoms with Crippen molar-refractivity contribution < 1.29 is 30.5 Å². The van der Waals surface area contributed by atoms with E-state index in [0.29, 0.717) is 10.8 Å². The molecular formula is C16H11F3O4S. The molecule has 0 aliphatic heterocycles. The van der Waals surface area contributed by atoms with E-state index in [1.54, 1.807) is 36.4 Å². The van der Waals surface area contributed by atoms with E-state index >= 15 is 0 Å². The van der Waals surface area contributed by atoms with Crippen molar-refractivity contribution in [2.75, 3.05) is 7.11 Å². The minimum absolute atomic E-state index is 0.159. The average molecular weight is 356 g/mol. The van der Waals surface area contributed by atoms with Gasteiger partial charge < -0.3 is 8.92 Å². The lowest BCUT2D eigenvalue weighted by molar-refractivity contribution is -0.0499. The number of alkyl halides is 3. The first kappa shape index (κ1) is 16.4. The third kappa shape index (κ3) is 2.62. The molecule has 3 aromatic rings. The number of hydrogen-bond donors (Lipinski definition) is 0. The van der Waals surface area contributed by atoms with Crippen molar-refractivity contribution >= 4 is 31.7 Å². The molecule has 0 atom stereocenters. The van der Waals surface area contributed by atoms with E-state index in [1.165, 1.54) is 19.2 Å². The fraction of sp³-hybridized carbons (Fsp3) is 0.125. The number of hydrogen-bond acceptors (Lipinski definition) is 4. The second-order valence-electron chi connectivity index (χ2n) is 4.96. The van der Waals surface area contributed by atoms with Crippen LogP contribution in [0.5, 0.6) is 11.5 Å². The van der Waals surface area contributed by atoms with Gasteiger partial charge in [0.15, 0.2) is 5.75 Å². The summed E-state index contributed by atoms with van der Waals surface area (Å²) in [5.41, 5.74) is -5.52. The molecule has 0 fully saturated rings. The van der Waals surface area contributed by atoms with Crippen molar-refractivity contribution in [2.24, 2.45) is 0 Å². The topological polar surface area (TPSA) is 52.6 Å². The summed E-state index contributed by atoms with van der Waals surface area (Å²) in [7, 11) is -4.45. The molecule has 0 heterocycles. The van der Waals surface area contributed by atoms with E-state index in [0.717, 1.165) is 5.39 Å². The van der Waals surface area contributed by atoms with Gasteiger partial charge in [0.25, 0.3) is 0 Å². The molecule has 3 rings (SSSR count). The van der Waals surface area contributed by atoms with Crippen molar-refractivity contribution in [3.8, 4) is 11.5 Å². The van der Waals surface area contributed by atoms with Crippen molar-refractivity contribution in [3.63, 3.8) is 0 Å². The molecule has 126 valence electrons. The summed E-state index contributed by atoms with van der Waals surface area (Å²) in [6, 6.07) is 13.0. The van der Waals surface area contributed by atoms with Gasteiger partial charge in [-0.15, -0.1) is 0 Å². The molecule has 24 heavy (non-hydrogen) atoms. The van der Waals surface area contributed by atoms with E-state index in [4.69, 9.17) is 4.74 Å². The minimum Gasteiger partial charge on any atom is -0.496 e. The molecule has 4 nitrogen and oxygen atoms in total. The summed E-state index contributed by atoms with van der Waals surface area (Å²) >= 11 is 0. The Hall–Kier alpha value is -2.48. The molecule has 0 aliphatic rings. The second kappa shape index (κ2) is 5.55. The van der Waals surface area contributed by atoms with Crippen LogP contribution >= 0.6 is 0 Å². The third-order valence-electron chi connectivity index (χ3n) is 3.51. The highest BCUT2D eigenvalue weighted by Crippen LogP contribution is 2.41. The minimum atomic E-state index is -5.79. The van der Waals surface area contributed by atoms with Gasteiger partial charge in [0, 0.05) is 0 Å². The normalized spacial score (nSPS) is 12.5. The maximum absolute atomic E-state index is 12.7. The molecule has 0 unspecified atom stereocenters. The standard InChI is InChI=1S/C16H11F3O4S/c1-22-13-8-4-7-12-11-6-3-2-5-10(11)9-14(15(12)13)23-24(20,21)16(17,18)19/h2-9H,1H3. The van der Waals surface area contributed by atoms with Gasteiger partial charge in [-0.25, -0.2) is 0 Å². The highest BCUT2D eigenvalue weighted by Gasteiger charge is 2.48. The number of fused-ring (bicyclic) bond motifs is 3. The maximum atomic E-state index is 12.7. The fourth-order valence-corrected chi connectivity index (χ4v) is 2.95. The van der Waals surface area contributed by atoms with Crippen molar-refractivity contribution in [1.29, 1.82) is 0 Å². The lowest BCUT2D eigenvalue weighted by Gasteiger charge is -2.15. The summed E-state index contributed by atoms with van der Waals surface area (Å²) in [6.07, 6.45) is 0. The van der Waals surface area contributed by atoms with E-state index in [2.05, 4.69) is 4.18 Å². The van der Waals surface area contributed by atoms with Gasteiger partial charge in [-0.05, 0) is 28.3 Å². The van der Waals surface area contributed by atoms with E-state index in [-0.39, 0.29) is 11.1 Å². The van der Waals surface area contributed by atoms with Gasteiger partial charge in [-0.2, -0.15) is 21.6 Å². The molecule has 0 saturated carbocycles. The quantitative estimate of drug-likeness (QED) is 0.400. The molecule has 0 aliphatic carbocycles. The van der Waals surface area contributed by atoms with E-state index in [1.807, 2.05) is 0 Å². The first-order chi connectivity index (χ1) is 11.2. The molecule has 0 spiro atoms. The summed E-state index contributed by atoms with van der Waals surface area (Å²) in [6.45, 7) is 0. The summed E-state index contributed by atoms with van der Waals surface area (Å²) in [5, 5.41) is 1.97. The summed E-state index contributed by atoms with van der Waals surface area (Å²) in [5.74, 6) is -0.218. The lowest BCUT2D eigenvalue weighted by Crippen LogP contribution is -2.28. The number of rotatable bonds is 3. The van der Waals surface area contributed by atoms with Crippen molar-refractivity contribution in [2.45, 2.75) is 5.51 Å². The smallest absolute Gasteiger partial charge is 0.496 e. The maximum Gasteiger partial charge on any atom is 0.534 e. The monoisotopic (exact) mass is 356 g/mol. The van der Waals surface area contributed by atoms with Crippen molar-refractivity contribution in [1.82, 2.24) is 0 Å². The van der Waals surface area contributed by atoms with Crippen LogP contribution in [0.1, 0.15) is 0 Å². The Morgan fingerprint density at radius 3 is 2.25 bits per heavy atom. The first-order valence-corrected chi connectivity index (χ1v) is 8.14. The molecule has 0 radical (unpaired) electrons. The Morgan fingerprint density at radius 2 is 1.58 bits per heavy atom. The Kier molecular flexibility index (Phi) is 3.79. The van der Waals surface area contributed by atoms with Gasteiger partial charge in [-0.3, -0.25) is 0 Å². The third-order valence-corrected chi connectivity index (χ3v) is 4.48. The molecule has 0 saturated heterocycles. The molecule has 0 N–H and O–H groups in total. The summed E-state index contributed by atoms with van der Waals surface area (Å²) < 4.78 is 70.4. The Labute approximate surface area is 135 Å². The average Bonchev–Trinajstić information content (AvgIpc) is 2.53. The van der Waals surface area contributed by atoms with Crippen LogP contribution in [0.4, 0.5) is 13.2 Å². The summed E-state index contributed by atoms with van der Waals surface area (Å²) in [4.78, 5) is 0. The zero-order valence-corrected chi connectivity index (χ0v) is 13.1. The zero-order valence-electron chi connectivity index (χ0n) is 12.3. The molecule has 0 aromatic heterocycles. The highest BCUT2D eigenvalue weighted by molar-refractivity contribution is 7.88. The largest absolute Gasteiger partial charge is 0.534 e. The second-order valence-corrected chi connectivity index (χ2v) is 6.50. The molecule has 0 bridgehead atoms. The van der Waals surface area contributed by atoms with Crippen LogP contribution in [-0.2, 0) is 10.1 Å². The fourth-order valence-electron chi connectivity index (χ4n) is 2.49. The van der Waals surface area contributed by atoms with Gasteiger partial charge >= 0.3 is 15.6 Å². The lowest BCUT2D eigenvalue weighted by atomic mass is 10.0. The van der Waals surface area contributed by atoms with E-state index < -0.39 is 21.4 Å². The highest BCUT2D eigenvalue weighted by atomic mass is 32.2. The van der Waals surface area contributed by atoms with Gasteiger partial charge in [0.05, 0.1) is 12.5 Å². The molecule has 8 heteroatoms. The zero-order chi connectivity index (χ0) is 17.5. The Bertz CT molecular complexity index is 1030. The van der Waals surface area contributed by atoms with E-state index in [9.17, 15) is 21.6 Å². The van der Waals surface area contributed by atoms with Crippen LogP contribution in [-0.4, -0.2) is 21.0 Å². The Morgan fingerprint density at radius 1 is 0.917 bits per heavy atom. The number of halogens is 3. The predicted octanol–water partition coefficient (Wildman–Crippen LogP) is 4.23. The number of methoxy groups -OCH3 is 1. The van der Waals surface area contributed by atoms with Crippen LogP contribution < -0.4 is 8.92 Å². The van der Waals surface area contributed by atoms with Crippen LogP contribution in [0.15, 0.2) is 48.5 Å². The van der Waals surface area contributed by atoms with Crippen LogP contribution in [0, 0.1) is 0 Å². The first-order valence-electron chi connectivity index (χ1n) is 6.74. The van der Waals surface area contributed by atoms with Gasteiger partial charge in [-0.1, -0.05) is 36.4 Å². The van der Waals surface area contributed by atoms with Crippen LogP contribution in [0.3, 0.4) is 0 Å². The number of benzene rings is 3. The van der Waals surface area contributed by atoms with Gasteiger partial charge in [0.2, 0.25) is 0 Å². The molecular weight excluding hydrogens is 345 g/mol. The molecule has 0 amide bonds. The van der Waals surface area contributed by atoms with Crippen LogP contribution in [0.2, 0.25) is 0 Å². The van der Waals surface area contributed by atoms with Crippen molar-refractivity contribution in [3.05, 3.63) is 48.5 Å². The van der Waals surface area contributed by atoms with Crippen LogP contribution in [0.25, 0.3) is 21.5 Å². The SMILES string of the molecule is COc1cccc2c1c(OS(=O)(=O)C(F)(F)F)cc1ccccc12. The number of ether oxygens (including phenoxy) is 1. The van der Waals surface area contributed by atoms with Gasteiger partial charge in [0.1, 0.15) is 5.75 Å². The Balaban J connectivity index is 2.37.